The fourth-order valence-electron chi connectivity index (χ4n) is 3.48. The van der Waals surface area contributed by atoms with Gasteiger partial charge in [0.05, 0.1) is 25.6 Å². The second kappa shape index (κ2) is 15.7. The molecule has 0 fully saturated rings. The summed E-state index contributed by atoms with van der Waals surface area (Å²) in [4.78, 5) is 8.92. The standard InChI is InChI=1S/C27H42N2O2/c1-4-6-7-12-19-30-25-17-15-24(16-18-25)27-28-21-26(22-29-27)31-20-13-10-8-9-11-14-23(3)5-2/h15-18,21-23H,4-14,19-20H2,1-3H3. The van der Waals surface area contributed by atoms with Crippen molar-refractivity contribution >= 4 is 0 Å². The number of benzene rings is 1. The first-order valence-corrected chi connectivity index (χ1v) is 12.4. The van der Waals surface area contributed by atoms with Crippen LogP contribution in [0.25, 0.3) is 11.4 Å². The zero-order valence-corrected chi connectivity index (χ0v) is 19.9. The molecule has 0 bridgehead atoms. The molecule has 0 N–H and O–H groups in total. The second-order valence-electron chi connectivity index (χ2n) is 8.59. The van der Waals surface area contributed by atoms with E-state index in [-0.39, 0.29) is 0 Å². The fraction of sp³-hybridized carbons (Fsp3) is 0.630. The van der Waals surface area contributed by atoms with E-state index in [0.717, 1.165) is 49.0 Å². The van der Waals surface area contributed by atoms with Gasteiger partial charge < -0.3 is 9.47 Å². The molecular formula is C27H42N2O2. The van der Waals surface area contributed by atoms with Gasteiger partial charge in [-0.3, -0.25) is 0 Å². The van der Waals surface area contributed by atoms with E-state index in [0.29, 0.717) is 5.82 Å². The predicted molar refractivity (Wildman–Crippen MR) is 130 cm³/mol. The number of aromatic nitrogens is 2. The summed E-state index contributed by atoms with van der Waals surface area (Å²) >= 11 is 0. The van der Waals surface area contributed by atoms with Gasteiger partial charge in [-0.2, -0.15) is 0 Å². The molecule has 31 heavy (non-hydrogen) atoms. The average Bonchev–Trinajstić information content (AvgIpc) is 2.81. The topological polar surface area (TPSA) is 44.2 Å². The lowest BCUT2D eigenvalue weighted by Gasteiger charge is -2.08. The molecule has 1 atom stereocenters. The van der Waals surface area contributed by atoms with Crippen LogP contribution < -0.4 is 9.47 Å². The number of hydrogen-bond acceptors (Lipinski definition) is 4. The summed E-state index contributed by atoms with van der Waals surface area (Å²) in [7, 11) is 0. The van der Waals surface area contributed by atoms with Crippen LogP contribution in [0.15, 0.2) is 36.7 Å². The van der Waals surface area contributed by atoms with Gasteiger partial charge in [0, 0.05) is 5.56 Å². The third-order valence-corrected chi connectivity index (χ3v) is 5.81. The fourth-order valence-corrected chi connectivity index (χ4v) is 3.48. The Morgan fingerprint density at radius 3 is 1.94 bits per heavy atom. The zero-order valence-electron chi connectivity index (χ0n) is 19.9. The van der Waals surface area contributed by atoms with Crippen LogP contribution in [0.4, 0.5) is 0 Å². The third-order valence-electron chi connectivity index (χ3n) is 5.81. The van der Waals surface area contributed by atoms with E-state index >= 15 is 0 Å². The Morgan fingerprint density at radius 1 is 0.710 bits per heavy atom. The van der Waals surface area contributed by atoms with Crippen LogP contribution >= 0.6 is 0 Å². The van der Waals surface area contributed by atoms with E-state index in [4.69, 9.17) is 9.47 Å². The molecule has 0 aliphatic rings. The number of rotatable bonds is 17. The maximum Gasteiger partial charge on any atom is 0.159 e. The number of nitrogens with zero attached hydrogens (tertiary/aromatic N) is 2. The SMILES string of the molecule is CCCCCCOc1ccc(-c2ncc(OCCCCCCCC(C)CC)cn2)cc1. The molecule has 0 aliphatic heterocycles. The van der Waals surface area contributed by atoms with Crippen molar-refractivity contribution in [2.45, 2.75) is 91.4 Å². The molecule has 1 unspecified atom stereocenters. The van der Waals surface area contributed by atoms with E-state index in [9.17, 15) is 0 Å². The van der Waals surface area contributed by atoms with Crippen LogP contribution in [-0.4, -0.2) is 23.2 Å². The summed E-state index contributed by atoms with van der Waals surface area (Å²) < 4.78 is 11.6. The van der Waals surface area contributed by atoms with E-state index in [2.05, 4.69) is 30.7 Å². The molecule has 1 aromatic heterocycles. The first-order valence-electron chi connectivity index (χ1n) is 12.4. The van der Waals surface area contributed by atoms with Crippen molar-refractivity contribution in [2.75, 3.05) is 13.2 Å². The van der Waals surface area contributed by atoms with Gasteiger partial charge in [-0.05, 0) is 43.0 Å². The quantitative estimate of drug-likeness (QED) is 0.241. The van der Waals surface area contributed by atoms with Crippen molar-refractivity contribution in [3.05, 3.63) is 36.7 Å². The van der Waals surface area contributed by atoms with E-state index < -0.39 is 0 Å². The van der Waals surface area contributed by atoms with Crippen molar-refractivity contribution in [1.29, 1.82) is 0 Å². The van der Waals surface area contributed by atoms with Gasteiger partial charge in [-0.1, -0.05) is 78.6 Å². The summed E-state index contributed by atoms with van der Waals surface area (Å²) in [5.41, 5.74) is 0.988. The molecule has 2 aromatic rings. The van der Waals surface area contributed by atoms with Gasteiger partial charge in [-0.25, -0.2) is 9.97 Å². The van der Waals surface area contributed by atoms with Crippen molar-refractivity contribution in [3.8, 4) is 22.9 Å². The molecule has 0 aliphatic carbocycles. The molecular weight excluding hydrogens is 384 g/mol. The maximum absolute atomic E-state index is 5.81. The lowest BCUT2D eigenvalue weighted by molar-refractivity contribution is 0.301. The van der Waals surface area contributed by atoms with Crippen molar-refractivity contribution in [1.82, 2.24) is 9.97 Å². The lowest BCUT2D eigenvalue weighted by atomic mass is 10.0. The van der Waals surface area contributed by atoms with E-state index in [1.54, 1.807) is 12.4 Å². The summed E-state index contributed by atoms with van der Waals surface area (Å²) in [5, 5.41) is 0. The van der Waals surface area contributed by atoms with Crippen molar-refractivity contribution in [2.24, 2.45) is 5.92 Å². The van der Waals surface area contributed by atoms with E-state index in [1.165, 1.54) is 57.8 Å². The maximum atomic E-state index is 5.81. The minimum atomic E-state index is 0.711. The normalized spacial score (nSPS) is 12.0. The smallest absolute Gasteiger partial charge is 0.159 e. The van der Waals surface area contributed by atoms with Crippen LogP contribution in [0.2, 0.25) is 0 Å². The molecule has 0 amide bonds. The second-order valence-corrected chi connectivity index (χ2v) is 8.59. The Bertz CT molecular complexity index is 685. The lowest BCUT2D eigenvalue weighted by Crippen LogP contribution is -1.99. The molecule has 4 nitrogen and oxygen atoms in total. The Morgan fingerprint density at radius 2 is 1.29 bits per heavy atom. The monoisotopic (exact) mass is 426 g/mol. The van der Waals surface area contributed by atoms with Crippen LogP contribution in [0.1, 0.15) is 91.4 Å². The van der Waals surface area contributed by atoms with Crippen LogP contribution in [-0.2, 0) is 0 Å². The molecule has 172 valence electrons. The summed E-state index contributed by atoms with van der Waals surface area (Å²) in [6.45, 7) is 8.36. The minimum absolute atomic E-state index is 0.711. The Hall–Kier alpha value is -2.10. The summed E-state index contributed by atoms with van der Waals surface area (Å²) in [6, 6.07) is 8.01. The zero-order chi connectivity index (χ0) is 22.2. The molecule has 0 spiro atoms. The number of unbranched alkanes of at least 4 members (excludes halogenated alkanes) is 7. The van der Waals surface area contributed by atoms with Gasteiger partial charge in [0.25, 0.3) is 0 Å². The predicted octanol–water partition coefficient (Wildman–Crippen LogP) is 7.87. The summed E-state index contributed by atoms with van der Waals surface area (Å²) in [6.07, 6.45) is 17.4. The van der Waals surface area contributed by atoms with E-state index in [1.807, 2.05) is 24.3 Å². The van der Waals surface area contributed by atoms with Gasteiger partial charge in [0.15, 0.2) is 11.6 Å². The first-order chi connectivity index (χ1) is 15.2. The molecule has 0 radical (unpaired) electrons. The molecule has 2 rings (SSSR count). The molecule has 4 heteroatoms. The molecule has 0 saturated heterocycles. The first kappa shape index (κ1) is 25.2. The molecule has 1 heterocycles. The largest absolute Gasteiger partial charge is 0.494 e. The van der Waals surface area contributed by atoms with Gasteiger partial charge in [-0.15, -0.1) is 0 Å². The highest BCUT2D eigenvalue weighted by Crippen LogP contribution is 2.21. The number of ether oxygens (including phenoxy) is 2. The number of hydrogen-bond donors (Lipinski definition) is 0. The van der Waals surface area contributed by atoms with Crippen LogP contribution in [0.5, 0.6) is 11.5 Å². The minimum Gasteiger partial charge on any atom is -0.494 e. The van der Waals surface area contributed by atoms with Crippen LogP contribution in [0, 0.1) is 5.92 Å². The Kier molecular flexibility index (Phi) is 12.7. The Balaban J connectivity index is 1.62. The van der Waals surface area contributed by atoms with Gasteiger partial charge >= 0.3 is 0 Å². The summed E-state index contributed by atoms with van der Waals surface area (Å²) in [5.74, 6) is 3.23. The highest BCUT2D eigenvalue weighted by atomic mass is 16.5. The molecule has 1 aromatic carbocycles. The highest BCUT2D eigenvalue weighted by Gasteiger charge is 2.04. The van der Waals surface area contributed by atoms with Crippen molar-refractivity contribution < 1.29 is 9.47 Å². The van der Waals surface area contributed by atoms with Gasteiger partial charge in [0.2, 0.25) is 0 Å². The molecule has 0 saturated carbocycles. The van der Waals surface area contributed by atoms with Gasteiger partial charge in [0.1, 0.15) is 5.75 Å². The van der Waals surface area contributed by atoms with Crippen LogP contribution in [0.3, 0.4) is 0 Å². The third kappa shape index (κ3) is 10.7. The Labute approximate surface area is 189 Å². The highest BCUT2D eigenvalue weighted by molar-refractivity contribution is 5.56. The average molecular weight is 427 g/mol. The van der Waals surface area contributed by atoms with Crippen molar-refractivity contribution in [3.63, 3.8) is 0 Å².